The zero-order valence-corrected chi connectivity index (χ0v) is 9.78. The van der Waals surface area contributed by atoms with Crippen molar-refractivity contribution in [1.29, 1.82) is 0 Å². The Morgan fingerprint density at radius 3 is 2.36 bits per heavy atom. The molecule has 0 fully saturated rings. The maximum atomic E-state index is 5.72. The highest BCUT2D eigenvalue weighted by atomic mass is 15.1. The maximum Gasteiger partial charge on any atom is 0.128 e. The van der Waals surface area contributed by atoms with Gasteiger partial charge in [-0.05, 0) is 27.1 Å². The monoisotopic (exact) mass is 195 g/mol. The van der Waals surface area contributed by atoms with E-state index in [-0.39, 0.29) is 0 Å². The Hall–Kier alpha value is -1.09. The number of pyridine rings is 1. The van der Waals surface area contributed by atoms with Gasteiger partial charge in [-0.15, -0.1) is 0 Å². The standard InChI is InChI=1S/C9H15N3.C2H6/c1-7(12(2)3)8-5-4-6-11-9(8)10;1-2/h4-7H,1-3H3,(H2,10,11);1-2H3. The highest BCUT2D eigenvalue weighted by molar-refractivity contribution is 5.40. The molecule has 1 atom stereocenters. The topological polar surface area (TPSA) is 42.1 Å². The first-order valence-electron chi connectivity index (χ1n) is 4.99. The average Bonchev–Trinajstić information content (AvgIpc) is 2.20. The minimum absolute atomic E-state index is 0.318. The average molecular weight is 195 g/mol. The van der Waals surface area contributed by atoms with Crippen molar-refractivity contribution in [2.45, 2.75) is 26.8 Å². The summed E-state index contributed by atoms with van der Waals surface area (Å²) >= 11 is 0. The molecule has 0 saturated heterocycles. The number of nitrogens with two attached hydrogens (primary N) is 1. The van der Waals surface area contributed by atoms with Gasteiger partial charge in [0, 0.05) is 17.8 Å². The normalized spacial score (nSPS) is 11.9. The van der Waals surface area contributed by atoms with Crippen molar-refractivity contribution in [3.63, 3.8) is 0 Å². The molecule has 80 valence electrons. The number of rotatable bonds is 2. The number of nitrogens with zero attached hydrogens (tertiary/aromatic N) is 2. The predicted octanol–water partition coefficient (Wildman–Crippen LogP) is 2.31. The summed E-state index contributed by atoms with van der Waals surface area (Å²) in [5.74, 6) is 0.624. The second-order valence-corrected chi connectivity index (χ2v) is 3.12. The van der Waals surface area contributed by atoms with Crippen molar-refractivity contribution in [2.24, 2.45) is 0 Å². The molecule has 14 heavy (non-hydrogen) atoms. The van der Waals surface area contributed by atoms with E-state index in [2.05, 4.69) is 16.8 Å². The van der Waals surface area contributed by atoms with Gasteiger partial charge in [0.25, 0.3) is 0 Å². The van der Waals surface area contributed by atoms with Gasteiger partial charge in [0.05, 0.1) is 0 Å². The van der Waals surface area contributed by atoms with Gasteiger partial charge in [-0.3, -0.25) is 0 Å². The van der Waals surface area contributed by atoms with Crippen LogP contribution in [0.4, 0.5) is 5.82 Å². The van der Waals surface area contributed by atoms with Gasteiger partial charge in [0.1, 0.15) is 5.82 Å². The van der Waals surface area contributed by atoms with Crippen LogP contribution in [-0.2, 0) is 0 Å². The first kappa shape index (κ1) is 12.9. The molecular formula is C11H21N3. The largest absolute Gasteiger partial charge is 0.383 e. The van der Waals surface area contributed by atoms with Crippen LogP contribution in [0.15, 0.2) is 18.3 Å². The molecule has 0 saturated carbocycles. The van der Waals surface area contributed by atoms with Crippen molar-refractivity contribution < 1.29 is 0 Å². The van der Waals surface area contributed by atoms with Gasteiger partial charge in [-0.2, -0.15) is 0 Å². The molecule has 1 rings (SSSR count). The van der Waals surface area contributed by atoms with Crippen LogP contribution < -0.4 is 5.73 Å². The Morgan fingerprint density at radius 2 is 1.93 bits per heavy atom. The van der Waals surface area contributed by atoms with Crippen LogP contribution >= 0.6 is 0 Å². The lowest BCUT2D eigenvalue weighted by Crippen LogP contribution is -2.18. The molecule has 3 heteroatoms. The summed E-state index contributed by atoms with van der Waals surface area (Å²) in [6.45, 7) is 6.10. The van der Waals surface area contributed by atoms with Gasteiger partial charge in [0.2, 0.25) is 0 Å². The first-order valence-corrected chi connectivity index (χ1v) is 4.99. The first-order chi connectivity index (χ1) is 6.63. The third kappa shape index (κ3) is 3.34. The fraction of sp³-hybridized carbons (Fsp3) is 0.545. The van der Waals surface area contributed by atoms with E-state index in [4.69, 9.17) is 5.73 Å². The third-order valence-electron chi connectivity index (χ3n) is 2.10. The molecule has 0 radical (unpaired) electrons. The van der Waals surface area contributed by atoms with E-state index >= 15 is 0 Å². The van der Waals surface area contributed by atoms with Crippen molar-refractivity contribution in [1.82, 2.24) is 9.88 Å². The summed E-state index contributed by atoms with van der Waals surface area (Å²) in [4.78, 5) is 6.14. The minimum Gasteiger partial charge on any atom is -0.383 e. The van der Waals surface area contributed by atoms with Gasteiger partial charge >= 0.3 is 0 Å². The summed E-state index contributed by atoms with van der Waals surface area (Å²) < 4.78 is 0. The molecule has 1 aromatic rings. The lowest BCUT2D eigenvalue weighted by molar-refractivity contribution is 0.321. The summed E-state index contributed by atoms with van der Waals surface area (Å²) in [6.07, 6.45) is 1.71. The van der Waals surface area contributed by atoms with E-state index < -0.39 is 0 Å². The van der Waals surface area contributed by atoms with Gasteiger partial charge in [-0.25, -0.2) is 4.98 Å². The van der Waals surface area contributed by atoms with E-state index in [1.54, 1.807) is 6.20 Å². The molecule has 0 spiro atoms. The van der Waals surface area contributed by atoms with Crippen LogP contribution in [0, 0.1) is 0 Å². The smallest absolute Gasteiger partial charge is 0.128 e. The molecule has 3 nitrogen and oxygen atoms in total. The molecule has 1 aromatic heterocycles. The van der Waals surface area contributed by atoms with Crippen molar-refractivity contribution in [2.75, 3.05) is 19.8 Å². The molecule has 0 bridgehead atoms. The molecule has 0 aliphatic rings. The van der Waals surface area contributed by atoms with E-state index in [0.717, 1.165) is 5.56 Å². The number of anilines is 1. The number of aromatic nitrogens is 1. The second-order valence-electron chi connectivity index (χ2n) is 3.12. The molecule has 0 aliphatic heterocycles. The predicted molar refractivity (Wildman–Crippen MR) is 62.1 cm³/mol. The van der Waals surface area contributed by atoms with Gasteiger partial charge in [0.15, 0.2) is 0 Å². The zero-order valence-electron chi connectivity index (χ0n) is 9.78. The highest BCUT2D eigenvalue weighted by Gasteiger charge is 2.10. The van der Waals surface area contributed by atoms with Crippen molar-refractivity contribution >= 4 is 5.82 Å². The Bertz CT molecular complexity index is 258. The van der Waals surface area contributed by atoms with Gasteiger partial charge < -0.3 is 10.6 Å². The molecular weight excluding hydrogens is 174 g/mol. The summed E-state index contributed by atoms with van der Waals surface area (Å²) in [6, 6.07) is 4.23. The second kappa shape index (κ2) is 6.38. The van der Waals surface area contributed by atoms with Crippen LogP contribution in [0.5, 0.6) is 0 Å². The Kier molecular flexibility index (Phi) is 5.88. The van der Waals surface area contributed by atoms with E-state index in [1.807, 2.05) is 40.1 Å². The van der Waals surface area contributed by atoms with Crippen LogP contribution in [0.2, 0.25) is 0 Å². The van der Waals surface area contributed by atoms with Crippen molar-refractivity contribution in [3.8, 4) is 0 Å². The number of hydrogen-bond donors (Lipinski definition) is 1. The fourth-order valence-corrected chi connectivity index (χ4v) is 1.06. The quantitative estimate of drug-likeness (QED) is 0.787. The summed E-state index contributed by atoms with van der Waals surface area (Å²) in [5.41, 5.74) is 6.81. The van der Waals surface area contributed by atoms with Crippen LogP contribution in [0.25, 0.3) is 0 Å². The van der Waals surface area contributed by atoms with Crippen LogP contribution in [0.1, 0.15) is 32.4 Å². The summed E-state index contributed by atoms with van der Waals surface area (Å²) in [5, 5.41) is 0. The molecule has 2 N–H and O–H groups in total. The molecule has 1 heterocycles. The molecule has 0 aliphatic carbocycles. The lowest BCUT2D eigenvalue weighted by atomic mass is 10.1. The van der Waals surface area contributed by atoms with Crippen LogP contribution in [0.3, 0.4) is 0 Å². The molecule has 0 amide bonds. The lowest BCUT2D eigenvalue weighted by Gasteiger charge is -2.20. The Morgan fingerprint density at radius 1 is 1.36 bits per heavy atom. The zero-order chi connectivity index (χ0) is 11.1. The fourth-order valence-electron chi connectivity index (χ4n) is 1.06. The SMILES string of the molecule is CC.CC(c1cccnc1N)N(C)C. The van der Waals surface area contributed by atoms with Crippen LogP contribution in [-0.4, -0.2) is 24.0 Å². The minimum atomic E-state index is 0.318. The van der Waals surface area contributed by atoms with E-state index in [1.165, 1.54) is 0 Å². The number of nitrogen functional groups attached to an aromatic ring is 1. The molecule has 0 aromatic carbocycles. The van der Waals surface area contributed by atoms with Crippen molar-refractivity contribution in [3.05, 3.63) is 23.9 Å². The third-order valence-corrected chi connectivity index (χ3v) is 2.10. The maximum absolute atomic E-state index is 5.72. The van der Waals surface area contributed by atoms with E-state index in [9.17, 15) is 0 Å². The Balaban J connectivity index is 0.000000791. The Labute approximate surface area is 86.9 Å². The van der Waals surface area contributed by atoms with Gasteiger partial charge in [-0.1, -0.05) is 19.9 Å². The van der Waals surface area contributed by atoms with E-state index in [0.29, 0.717) is 11.9 Å². The molecule has 1 unspecified atom stereocenters. The highest BCUT2D eigenvalue weighted by Crippen LogP contribution is 2.20. The summed E-state index contributed by atoms with van der Waals surface area (Å²) in [7, 11) is 4.05. The number of hydrogen-bond acceptors (Lipinski definition) is 3.